The summed E-state index contributed by atoms with van der Waals surface area (Å²) in [4.78, 5) is 0. The molecule has 0 aliphatic carbocycles. The minimum atomic E-state index is -3.81. The van der Waals surface area contributed by atoms with Gasteiger partial charge in [-0.3, -0.25) is 0 Å². The Balaban J connectivity index is 4.24. The first-order valence-electron chi connectivity index (χ1n) is 1.98. The molecule has 3 nitrogen and oxygen atoms in total. The fraction of sp³-hybridized carbons (Fsp3) is 0.667. The highest BCUT2D eigenvalue weighted by molar-refractivity contribution is 7.91. The van der Waals surface area contributed by atoms with E-state index in [-0.39, 0.29) is 0 Å². The number of hydrogen-bond donors (Lipinski definition) is 1. The normalized spacial score (nSPS) is 16.1. The second kappa shape index (κ2) is 2.57. The molecule has 0 fully saturated rings. The zero-order valence-electron chi connectivity index (χ0n) is 4.64. The fourth-order valence-electron chi connectivity index (χ4n) is 0.162. The second-order valence-corrected chi connectivity index (χ2v) is 3.71. The maximum Gasteiger partial charge on any atom is 0.341 e. The molecule has 0 heterocycles. The Morgan fingerprint density at radius 3 is 1.89 bits per heavy atom. The van der Waals surface area contributed by atoms with Gasteiger partial charge in [-0.15, -0.1) is 0 Å². The highest BCUT2D eigenvalue weighted by atomic mass is 32.2. The van der Waals surface area contributed by atoms with E-state index >= 15 is 0 Å². The number of hydrogen-bond acceptors (Lipinski definition) is 3. The summed E-state index contributed by atoms with van der Waals surface area (Å²) in [7, 11) is -3.81. The summed E-state index contributed by atoms with van der Waals surface area (Å²) in [6.45, 7) is 0. The van der Waals surface area contributed by atoms with E-state index in [1.807, 2.05) is 0 Å². The number of sulfone groups is 1. The van der Waals surface area contributed by atoms with Crippen molar-refractivity contribution in [2.24, 2.45) is 5.73 Å². The van der Waals surface area contributed by atoms with E-state index in [2.05, 4.69) is 5.73 Å². The van der Waals surface area contributed by atoms with Gasteiger partial charge in [0, 0.05) is 6.26 Å². The predicted molar refractivity (Wildman–Crippen MR) is 28.3 cm³/mol. The Morgan fingerprint density at radius 2 is 1.89 bits per heavy atom. The summed E-state index contributed by atoms with van der Waals surface area (Å²) < 4.78 is 43.0. The van der Waals surface area contributed by atoms with E-state index in [9.17, 15) is 17.2 Å². The minimum absolute atomic E-state index is 0.650. The van der Waals surface area contributed by atoms with Crippen molar-refractivity contribution in [3.63, 3.8) is 0 Å². The van der Waals surface area contributed by atoms with E-state index in [1.165, 1.54) is 0 Å². The SMILES string of the molecule is CS(=O)(=O)C(N)[C](F)F. The van der Waals surface area contributed by atoms with Crippen molar-refractivity contribution >= 4 is 9.84 Å². The van der Waals surface area contributed by atoms with Gasteiger partial charge in [0.1, 0.15) is 0 Å². The van der Waals surface area contributed by atoms with Crippen molar-refractivity contribution in [3.8, 4) is 0 Å². The van der Waals surface area contributed by atoms with E-state index < -0.39 is 21.6 Å². The van der Waals surface area contributed by atoms with Crippen molar-refractivity contribution in [2.45, 2.75) is 5.37 Å². The summed E-state index contributed by atoms with van der Waals surface area (Å²) in [6.07, 6.45) is -1.63. The molecule has 0 aliphatic heterocycles. The monoisotopic (exact) mass is 158 g/mol. The van der Waals surface area contributed by atoms with Gasteiger partial charge in [0.2, 0.25) is 0 Å². The number of rotatable bonds is 2. The average Bonchev–Trinajstić information content (AvgIpc) is 1.62. The van der Waals surface area contributed by atoms with Crippen LogP contribution in [0.3, 0.4) is 0 Å². The summed E-state index contributed by atoms with van der Waals surface area (Å²) in [5.74, 6) is 0. The van der Waals surface area contributed by atoms with Crippen molar-refractivity contribution in [1.82, 2.24) is 0 Å². The third-order valence-electron chi connectivity index (χ3n) is 0.676. The average molecular weight is 158 g/mol. The molecule has 0 amide bonds. The van der Waals surface area contributed by atoms with E-state index in [4.69, 9.17) is 0 Å². The van der Waals surface area contributed by atoms with Gasteiger partial charge < -0.3 is 5.73 Å². The molecule has 0 bridgehead atoms. The highest BCUT2D eigenvalue weighted by Crippen LogP contribution is 2.11. The fourth-order valence-corrected chi connectivity index (χ4v) is 0.485. The van der Waals surface area contributed by atoms with Gasteiger partial charge in [0.25, 0.3) is 0 Å². The summed E-state index contributed by atoms with van der Waals surface area (Å²) in [5.41, 5.74) is 4.52. The van der Waals surface area contributed by atoms with Gasteiger partial charge in [-0.1, -0.05) is 0 Å². The maximum atomic E-state index is 11.3. The maximum absolute atomic E-state index is 11.3. The molecule has 6 heteroatoms. The third kappa shape index (κ3) is 2.71. The Kier molecular flexibility index (Phi) is 2.50. The molecule has 0 aromatic heterocycles. The lowest BCUT2D eigenvalue weighted by atomic mass is 10.7. The van der Waals surface area contributed by atoms with Gasteiger partial charge >= 0.3 is 6.43 Å². The zero-order chi connectivity index (χ0) is 7.65. The Bertz CT molecular complexity index is 176. The van der Waals surface area contributed by atoms with Crippen LogP contribution in [0.1, 0.15) is 0 Å². The highest BCUT2D eigenvalue weighted by Gasteiger charge is 2.27. The van der Waals surface area contributed by atoms with Crippen LogP contribution in [0.4, 0.5) is 8.78 Å². The van der Waals surface area contributed by atoms with Crippen molar-refractivity contribution < 1.29 is 17.2 Å². The molecule has 55 valence electrons. The van der Waals surface area contributed by atoms with Crippen LogP contribution in [-0.2, 0) is 9.84 Å². The molecule has 0 aliphatic rings. The van der Waals surface area contributed by atoms with Crippen LogP contribution >= 0.6 is 0 Å². The molecule has 1 unspecified atom stereocenters. The van der Waals surface area contributed by atoms with Crippen LogP contribution < -0.4 is 5.73 Å². The van der Waals surface area contributed by atoms with Gasteiger partial charge in [-0.2, -0.15) is 8.78 Å². The standard InChI is InChI=1S/C3H6F2NO2S/c1-9(7,8)3(6)2(4)5/h3H,6H2,1H3. The molecule has 9 heavy (non-hydrogen) atoms. The van der Waals surface area contributed by atoms with E-state index in [1.54, 1.807) is 0 Å². The summed E-state index contributed by atoms with van der Waals surface area (Å²) in [6, 6.07) is 0. The Labute approximate surface area is 51.8 Å². The van der Waals surface area contributed by atoms with Crippen LogP contribution in [0.15, 0.2) is 0 Å². The second-order valence-electron chi connectivity index (χ2n) is 1.54. The first-order chi connectivity index (χ1) is 3.85. The lowest BCUT2D eigenvalue weighted by Gasteiger charge is -2.03. The van der Waals surface area contributed by atoms with Gasteiger partial charge in [0.15, 0.2) is 15.2 Å². The molecule has 1 atom stereocenters. The lowest BCUT2D eigenvalue weighted by molar-refractivity contribution is 0.275. The first-order valence-corrected chi connectivity index (χ1v) is 3.93. The quantitative estimate of drug-likeness (QED) is 0.602. The van der Waals surface area contributed by atoms with Crippen LogP contribution in [0.25, 0.3) is 0 Å². The molecule has 0 rings (SSSR count). The van der Waals surface area contributed by atoms with Crippen LogP contribution in [0.2, 0.25) is 0 Å². The molecule has 0 saturated carbocycles. The van der Waals surface area contributed by atoms with Gasteiger partial charge in [-0.25, -0.2) is 8.42 Å². The van der Waals surface area contributed by atoms with Crippen molar-refractivity contribution in [2.75, 3.05) is 6.26 Å². The summed E-state index contributed by atoms with van der Waals surface area (Å²) >= 11 is 0. The van der Waals surface area contributed by atoms with Crippen LogP contribution in [-0.4, -0.2) is 20.0 Å². The molecule has 1 radical (unpaired) electrons. The largest absolute Gasteiger partial charge is 0.341 e. The third-order valence-corrected chi connectivity index (χ3v) is 1.78. The molecule has 0 spiro atoms. The van der Waals surface area contributed by atoms with Gasteiger partial charge in [0.05, 0.1) is 0 Å². The van der Waals surface area contributed by atoms with Crippen molar-refractivity contribution in [1.29, 1.82) is 0 Å². The van der Waals surface area contributed by atoms with E-state index in [0.29, 0.717) is 6.26 Å². The molecular formula is C3H6F2NO2S. The Morgan fingerprint density at radius 1 is 1.56 bits per heavy atom. The van der Waals surface area contributed by atoms with Crippen LogP contribution in [0, 0.1) is 6.43 Å². The first kappa shape index (κ1) is 8.77. The van der Waals surface area contributed by atoms with Crippen molar-refractivity contribution in [3.05, 3.63) is 6.43 Å². The predicted octanol–water partition coefficient (Wildman–Crippen LogP) is -0.256. The Hall–Kier alpha value is -0.230. The summed E-state index contributed by atoms with van der Waals surface area (Å²) in [5, 5.41) is -2.13. The topological polar surface area (TPSA) is 60.2 Å². The van der Waals surface area contributed by atoms with Gasteiger partial charge in [-0.05, 0) is 0 Å². The molecule has 0 aromatic carbocycles. The van der Waals surface area contributed by atoms with E-state index in [0.717, 1.165) is 0 Å². The molecule has 0 aromatic rings. The smallest absolute Gasteiger partial charge is 0.310 e. The number of nitrogens with two attached hydrogens (primary N) is 1. The molecular weight excluding hydrogens is 152 g/mol. The number of halogens is 2. The molecule has 2 N–H and O–H groups in total. The minimum Gasteiger partial charge on any atom is -0.310 e. The zero-order valence-corrected chi connectivity index (χ0v) is 5.45. The molecule has 0 saturated heterocycles. The lowest BCUT2D eigenvalue weighted by Crippen LogP contribution is -2.32. The van der Waals surface area contributed by atoms with Crippen LogP contribution in [0.5, 0.6) is 0 Å².